The number of anilines is 1. The average molecular weight is 372 g/mol. The maximum absolute atomic E-state index is 6.36. The fourth-order valence-corrected chi connectivity index (χ4v) is 4.54. The second kappa shape index (κ2) is 6.41. The number of aliphatic imine (C=N–C) groups is 2. The predicted molar refractivity (Wildman–Crippen MR) is 115 cm³/mol. The van der Waals surface area contributed by atoms with Crippen LogP contribution < -0.4 is 16.4 Å². The number of para-hydroxylation sites is 1. The van der Waals surface area contributed by atoms with Gasteiger partial charge in [0.25, 0.3) is 0 Å². The summed E-state index contributed by atoms with van der Waals surface area (Å²) < 4.78 is 0. The molecule has 0 atom stereocenters. The summed E-state index contributed by atoms with van der Waals surface area (Å²) in [5.74, 6) is 0.700. The molecule has 1 spiro atoms. The van der Waals surface area contributed by atoms with Crippen LogP contribution in [0.3, 0.4) is 0 Å². The summed E-state index contributed by atoms with van der Waals surface area (Å²) in [6.07, 6.45) is 5.31. The van der Waals surface area contributed by atoms with Crippen LogP contribution in [-0.2, 0) is 0 Å². The summed E-state index contributed by atoms with van der Waals surface area (Å²) in [5, 5.41) is 1.20. The fraction of sp³-hybridized carbons (Fsp3) is 0.273. The number of hydrogen-bond donors (Lipinski definition) is 3. The molecule has 1 aliphatic carbocycles. The van der Waals surface area contributed by atoms with Crippen LogP contribution >= 0.6 is 0 Å². The molecule has 6 heteroatoms. The standard InChI is InChI=1S/C22H24N6/c23-20-26-21(24)28(22(27-20)11-4-1-5-12-22)17-9-6-8-15(13-17)19-14-16-7-2-3-10-18(16)25-19/h2-3,6-10,13-14,25H,1,4-5,11-12H2,(H4,23,24,26,27). The molecule has 2 aromatic carbocycles. The number of H-pyrrole nitrogens is 1. The molecular weight excluding hydrogens is 348 g/mol. The lowest BCUT2D eigenvalue weighted by Gasteiger charge is -2.45. The van der Waals surface area contributed by atoms with Crippen molar-refractivity contribution in [2.75, 3.05) is 4.90 Å². The Kier molecular flexibility index (Phi) is 3.86. The van der Waals surface area contributed by atoms with Crippen molar-refractivity contribution >= 4 is 28.5 Å². The SMILES string of the molecule is NC1=NC2(CCCCC2)N(c2cccc(-c3cc4ccccc4[nH]3)c2)C(N)=N1. The van der Waals surface area contributed by atoms with E-state index in [9.17, 15) is 0 Å². The van der Waals surface area contributed by atoms with Crippen molar-refractivity contribution in [1.29, 1.82) is 0 Å². The Morgan fingerprint density at radius 1 is 0.929 bits per heavy atom. The summed E-state index contributed by atoms with van der Waals surface area (Å²) in [4.78, 5) is 14.6. The zero-order chi connectivity index (χ0) is 19.1. The highest BCUT2D eigenvalue weighted by Gasteiger charge is 2.42. The average Bonchev–Trinajstić information content (AvgIpc) is 3.12. The Morgan fingerprint density at radius 3 is 2.57 bits per heavy atom. The Bertz CT molecular complexity index is 1050. The van der Waals surface area contributed by atoms with Gasteiger partial charge in [0.05, 0.1) is 0 Å². The molecule has 1 fully saturated rings. The monoisotopic (exact) mass is 372 g/mol. The van der Waals surface area contributed by atoms with Crippen LogP contribution in [0.15, 0.2) is 64.6 Å². The number of benzene rings is 2. The van der Waals surface area contributed by atoms with Crippen molar-refractivity contribution in [1.82, 2.24) is 4.98 Å². The zero-order valence-electron chi connectivity index (χ0n) is 15.7. The van der Waals surface area contributed by atoms with Crippen molar-refractivity contribution in [2.24, 2.45) is 21.5 Å². The zero-order valence-corrected chi connectivity index (χ0v) is 15.7. The van der Waals surface area contributed by atoms with E-state index in [1.807, 2.05) is 6.07 Å². The Hall–Kier alpha value is -3.28. The molecule has 0 amide bonds. The molecule has 28 heavy (non-hydrogen) atoms. The van der Waals surface area contributed by atoms with Crippen molar-refractivity contribution in [3.05, 3.63) is 54.6 Å². The summed E-state index contributed by atoms with van der Waals surface area (Å²) in [5.41, 5.74) is 16.2. The van der Waals surface area contributed by atoms with Crippen LogP contribution in [0, 0.1) is 0 Å². The summed E-state index contributed by atoms with van der Waals surface area (Å²) in [6, 6.07) is 18.9. The molecule has 0 unspecified atom stereocenters. The van der Waals surface area contributed by atoms with Crippen molar-refractivity contribution in [3.8, 4) is 11.3 Å². The molecular formula is C22H24N6. The van der Waals surface area contributed by atoms with Gasteiger partial charge in [-0.25, -0.2) is 4.99 Å². The third-order valence-electron chi connectivity index (χ3n) is 5.80. The minimum atomic E-state index is -0.423. The molecule has 2 heterocycles. The maximum Gasteiger partial charge on any atom is 0.220 e. The minimum absolute atomic E-state index is 0.280. The van der Waals surface area contributed by atoms with E-state index in [2.05, 4.69) is 63.4 Å². The molecule has 1 saturated carbocycles. The van der Waals surface area contributed by atoms with Crippen LogP contribution in [0.2, 0.25) is 0 Å². The molecule has 142 valence electrons. The first-order valence-corrected chi connectivity index (χ1v) is 9.83. The number of guanidine groups is 2. The molecule has 6 nitrogen and oxygen atoms in total. The number of nitrogens with zero attached hydrogens (tertiary/aromatic N) is 3. The first-order chi connectivity index (χ1) is 13.6. The lowest BCUT2D eigenvalue weighted by Crippen LogP contribution is -2.58. The number of aromatic nitrogens is 1. The van der Waals surface area contributed by atoms with Crippen LogP contribution in [-0.4, -0.2) is 22.6 Å². The van der Waals surface area contributed by atoms with Gasteiger partial charge in [-0.1, -0.05) is 36.8 Å². The van der Waals surface area contributed by atoms with E-state index >= 15 is 0 Å². The van der Waals surface area contributed by atoms with Crippen molar-refractivity contribution in [2.45, 2.75) is 37.8 Å². The Balaban J connectivity index is 1.59. The number of nitrogens with two attached hydrogens (primary N) is 2. The van der Waals surface area contributed by atoms with Gasteiger partial charge in [-0.3, -0.25) is 4.90 Å². The highest BCUT2D eigenvalue weighted by atomic mass is 15.4. The second-order valence-electron chi connectivity index (χ2n) is 7.64. The van der Waals surface area contributed by atoms with E-state index in [0.29, 0.717) is 5.96 Å². The molecule has 0 saturated heterocycles. The van der Waals surface area contributed by atoms with Gasteiger partial charge in [0, 0.05) is 27.8 Å². The molecule has 5 N–H and O–H groups in total. The van der Waals surface area contributed by atoms with Crippen LogP contribution in [0.5, 0.6) is 0 Å². The lowest BCUT2D eigenvalue weighted by molar-refractivity contribution is 0.305. The predicted octanol–water partition coefficient (Wildman–Crippen LogP) is 3.94. The van der Waals surface area contributed by atoms with Gasteiger partial charge in [-0.15, -0.1) is 0 Å². The van der Waals surface area contributed by atoms with E-state index in [4.69, 9.17) is 16.5 Å². The van der Waals surface area contributed by atoms with Gasteiger partial charge >= 0.3 is 0 Å². The number of hydrogen-bond acceptors (Lipinski definition) is 5. The molecule has 5 rings (SSSR count). The van der Waals surface area contributed by atoms with E-state index < -0.39 is 5.66 Å². The number of fused-ring (bicyclic) bond motifs is 1. The van der Waals surface area contributed by atoms with Gasteiger partial charge in [0.1, 0.15) is 5.66 Å². The first-order valence-electron chi connectivity index (χ1n) is 9.83. The number of rotatable bonds is 2. The van der Waals surface area contributed by atoms with Gasteiger partial charge in [-0.2, -0.15) is 4.99 Å². The third-order valence-corrected chi connectivity index (χ3v) is 5.80. The quantitative estimate of drug-likeness (QED) is 0.635. The Labute approximate surface area is 164 Å². The van der Waals surface area contributed by atoms with E-state index in [1.54, 1.807) is 0 Å². The van der Waals surface area contributed by atoms with Gasteiger partial charge in [0.2, 0.25) is 11.9 Å². The fourth-order valence-electron chi connectivity index (χ4n) is 4.54. The maximum atomic E-state index is 6.36. The molecule has 3 aromatic rings. The molecule has 0 bridgehead atoms. The highest BCUT2D eigenvalue weighted by Crippen LogP contribution is 2.40. The molecule has 0 radical (unpaired) electrons. The lowest BCUT2D eigenvalue weighted by atomic mass is 9.87. The minimum Gasteiger partial charge on any atom is -0.369 e. The molecule has 2 aliphatic rings. The molecule has 1 aromatic heterocycles. The van der Waals surface area contributed by atoms with E-state index in [-0.39, 0.29) is 5.96 Å². The first kappa shape index (κ1) is 16.9. The van der Waals surface area contributed by atoms with Crippen molar-refractivity contribution in [3.63, 3.8) is 0 Å². The smallest absolute Gasteiger partial charge is 0.220 e. The normalized spacial score (nSPS) is 18.9. The number of nitrogens with one attached hydrogen (secondary N) is 1. The van der Waals surface area contributed by atoms with E-state index in [0.717, 1.165) is 48.1 Å². The topological polar surface area (TPSA) is 95.8 Å². The highest BCUT2D eigenvalue weighted by molar-refractivity contribution is 6.06. The van der Waals surface area contributed by atoms with Crippen LogP contribution in [0.25, 0.3) is 22.2 Å². The summed E-state index contributed by atoms with van der Waals surface area (Å²) >= 11 is 0. The largest absolute Gasteiger partial charge is 0.369 e. The molecule has 1 aliphatic heterocycles. The van der Waals surface area contributed by atoms with Crippen molar-refractivity contribution < 1.29 is 0 Å². The van der Waals surface area contributed by atoms with Gasteiger partial charge in [0.15, 0.2) is 0 Å². The van der Waals surface area contributed by atoms with Gasteiger partial charge < -0.3 is 16.5 Å². The van der Waals surface area contributed by atoms with Gasteiger partial charge in [-0.05, 0) is 49.9 Å². The second-order valence-corrected chi connectivity index (χ2v) is 7.64. The Morgan fingerprint density at radius 2 is 1.75 bits per heavy atom. The van der Waals surface area contributed by atoms with Crippen LogP contribution in [0.4, 0.5) is 5.69 Å². The summed E-state index contributed by atoms with van der Waals surface area (Å²) in [6.45, 7) is 0. The number of aromatic amines is 1. The van der Waals surface area contributed by atoms with Crippen LogP contribution in [0.1, 0.15) is 32.1 Å². The van der Waals surface area contributed by atoms with E-state index in [1.165, 1.54) is 11.8 Å². The summed E-state index contributed by atoms with van der Waals surface area (Å²) in [7, 11) is 0. The third kappa shape index (κ3) is 2.72.